The quantitative estimate of drug-likeness (QED) is 0.296. The molecule has 2 aromatic rings. The monoisotopic (exact) mass is 539 g/mol. The summed E-state index contributed by atoms with van der Waals surface area (Å²) in [5, 5.41) is 13.8. The summed E-state index contributed by atoms with van der Waals surface area (Å²) in [4.78, 5) is 25.1. The largest absolute Gasteiger partial charge is 0.506 e. The first-order valence-electron chi connectivity index (χ1n) is 11.5. The van der Waals surface area contributed by atoms with Gasteiger partial charge in [0.1, 0.15) is 22.4 Å². The van der Waals surface area contributed by atoms with Crippen LogP contribution in [0.3, 0.4) is 0 Å². The molecule has 4 rings (SSSR count). The molecule has 2 saturated carbocycles. The molecule has 3 atom stereocenters. The molecule has 0 heterocycles. The van der Waals surface area contributed by atoms with Gasteiger partial charge in [0.05, 0.1) is 10.7 Å². The lowest BCUT2D eigenvalue weighted by Crippen LogP contribution is -2.38. The van der Waals surface area contributed by atoms with Gasteiger partial charge in [0.15, 0.2) is 5.75 Å². The van der Waals surface area contributed by atoms with Crippen LogP contribution in [0.5, 0.6) is 11.5 Å². The predicted octanol–water partition coefficient (Wildman–Crippen LogP) is 7.26. The van der Waals surface area contributed by atoms with Crippen LogP contribution >= 0.6 is 34.8 Å². The second-order valence-corrected chi connectivity index (χ2v) is 11.4. The van der Waals surface area contributed by atoms with Crippen molar-refractivity contribution < 1.29 is 24.2 Å². The first-order valence-corrected chi connectivity index (χ1v) is 12.6. The van der Waals surface area contributed by atoms with Crippen molar-refractivity contribution >= 4 is 52.4 Å². The minimum atomic E-state index is -0.620. The van der Waals surface area contributed by atoms with Crippen LogP contribution in [0.25, 0.3) is 0 Å². The summed E-state index contributed by atoms with van der Waals surface area (Å²) in [7, 11) is 0. The van der Waals surface area contributed by atoms with Crippen LogP contribution < -0.4 is 10.1 Å². The van der Waals surface area contributed by atoms with Gasteiger partial charge in [-0.05, 0) is 54.9 Å². The summed E-state index contributed by atoms with van der Waals surface area (Å²) >= 11 is 18.6. The second-order valence-electron chi connectivity index (χ2n) is 10.2. The number of benzene rings is 2. The number of phenols is 1. The van der Waals surface area contributed by atoms with Gasteiger partial charge in [-0.25, -0.2) is 4.79 Å². The van der Waals surface area contributed by atoms with Crippen LogP contribution in [0.15, 0.2) is 24.3 Å². The van der Waals surface area contributed by atoms with Crippen LogP contribution in [0.4, 0.5) is 5.69 Å². The summed E-state index contributed by atoms with van der Waals surface area (Å²) in [6.45, 7) is 8.03. The van der Waals surface area contributed by atoms with Crippen molar-refractivity contribution in [1.82, 2.24) is 0 Å². The number of halogens is 3. The maximum absolute atomic E-state index is 13.2. The van der Waals surface area contributed by atoms with Crippen molar-refractivity contribution in [3.63, 3.8) is 0 Å². The van der Waals surface area contributed by atoms with Crippen molar-refractivity contribution in [3.8, 4) is 11.5 Å². The highest BCUT2D eigenvalue weighted by molar-refractivity contribution is 6.36. The van der Waals surface area contributed by atoms with E-state index < -0.39 is 11.9 Å². The molecule has 2 fully saturated rings. The van der Waals surface area contributed by atoms with E-state index in [1.54, 1.807) is 12.1 Å². The average Bonchev–Trinajstić information content (AvgIpc) is 3.10. The fourth-order valence-corrected chi connectivity index (χ4v) is 6.35. The van der Waals surface area contributed by atoms with E-state index in [0.29, 0.717) is 22.2 Å². The Kier molecular flexibility index (Phi) is 6.95. The number of aromatic hydroxyl groups is 1. The second kappa shape index (κ2) is 9.38. The molecule has 0 amide bonds. The van der Waals surface area contributed by atoms with Crippen LogP contribution in [0.2, 0.25) is 15.1 Å². The molecule has 3 unspecified atom stereocenters. The van der Waals surface area contributed by atoms with E-state index in [1.165, 1.54) is 19.1 Å². The number of carbonyl (C=O) groups excluding carboxylic acids is 2. The van der Waals surface area contributed by atoms with Gasteiger partial charge in [-0.3, -0.25) is 4.79 Å². The number of rotatable bonds is 6. The standard InChI is InChI=1S/C26H28Cl3NO5/c1-13(31)34-23-17(24(33)35-20-10-15-7-8-26(20,4)25(15,2)3)5-6-19(21(23)29)30-12-14-9-16(27)11-18(28)22(14)32/h5-6,9,11,15,20,30,32H,7-8,10,12H2,1-4H3. The zero-order valence-electron chi connectivity index (χ0n) is 20.0. The number of hydrogen-bond acceptors (Lipinski definition) is 6. The number of nitrogens with one attached hydrogen (secondary N) is 1. The summed E-state index contributed by atoms with van der Waals surface area (Å²) in [5.41, 5.74) is 0.886. The Bertz CT molecular complexity index is 1200. The summed E-state index contributed by atoms with van der Waals surface area (Å²) < 4.78 is 11.3. The average molecular weight is 541 g/mol. The topological polar surface area (TPSA) is 84.9 Å². The Morgan fingerprint density at radius 1 is 1.17 bits per heavy atom. The van der Waals surface area contributed by atoms with E-state index in [2.05, 4.69) is 26.1 Å². The minimum Gasteiger partial charge on any atom is -0.506 e. The molecular formula is C26H28Cl3NO5. The van der Waals surface area contributed by atoms with Crippen molar-refractivity contribution in [2.45, 2.75) is 59.6 Å². The predicted molar refractivity (Wildman–Crippen MR) is 137 cm³/mol. The third kappa shape index (κ3) is 4.56. The van der Waals surface area contributed by atoms with Crippen molar-refractivity contribution in [2.75, 3.05) is 5.32 Å². The number of esters is 2. The number of phenolic OH excluding ortho intramolecular Hbond substituents is 1. The lowest BCUT2D eigenvalue weighted by atomic mass is 9.70. The number of hydrogen-bond donors (Lipinski definition) is 2. The van der Waals surface area contributed by atoms with Crippen molar-refractivity contribution in [3.05, 3.63) is 50.5 Å². The summed E-state index contributed by atoms with van der Waals surface area (Å²) in [6.07, 6.45) is 2.73. The van der Waals surface area contributed by atoms with Gasteiger partial charge in [0.2, 0.25) is 0 Å². The number of fused-ring (bicyclic) bond motifs is 2. The van der Waals surface area contributed by atoms with Crippen LogP contribution in [0, 0.1) is 16.7 Å². The molecule has 6 nitrogen and oxygen atoms in total. The molecule has 2 aliphatic rings. The van der Waals surface area contributed by atoms with Crippen LogP contribution in [0.1, 0.15) is 62.9 Å². The van der Waals surface area contributed by atoms with Crippen molar-refractivity contribution in [1.29, 1.82) is 0 Å². The lowest BCUT2D eigenvalue weighted by molar-refractivity contribution is -0.131. The fourth-order valence-electron chi connectivity index (χ4n) is 5.54. The van der Waals surface area contributed by atoms with Gasteiger partial charge < -0.3 is 19.9 Å². The molecule has 9 heteroatoms. The molecule has 188 valence electrons. The molecule has 0 radical (unpaired) electrons. The molecular weight excluding hydrogens is 513 g/mol. The Balaban J connectivity index is 1.58. The molecule has 2 aromatic carbocycles. The Morgan fingerprint density at radius 2 is 1.89 bits per heavy atom. The first kappa shape index (κ1) is 25.9. The molecule has 35 heavy (non-hydrogen) atoms. The SMILES string of the molecule is CC(=O)Oc1c(C(=O)OC2CC3CCC2(C)C3(C)C)ccc(NCc2cc(Cl)cc(Cl)c2O)c1Cl. The van der Waals surface area contributed by atoms with E-state index >= 15 is 0 Å². The molecule has 2 aliphatic carbocycles. The Hall–Kier alpha value is -2.15. The molecule has 2 bridgehead atoms. The first-order chi connectivity index (χ1) is 16.3. The van der Waals surface area contributed by atoms with Gasteiger partial charge in [-0.1, -0.05) is 55.6 Å². The van der Waals surface area contributed by atoms with Crippen LogP contribution in [-0.2, 0) is 16.1 Å². The molecule has 0 aliphatic heterocycles. The Labute approximate surface area is 219 Å². The molecule has 0 saturated heterocycles. The molecule has 2 N–H and O–H groups in total. The maximum Gasteiger partial charge on any atom is 0.342 e. The van der Waals surface area contributed by atoms with Gasteiger partial charge in [0, 0.05) is 29.5 Å². The zero-order valence-corrected chi connectivity index (χ0v) is 22.3. The fraction of sp³-hybridized carbons (Fsp3) is 0.462. The summed E-state index contributed by atoms with van der Waals surface area (Å²) in [6, 6.07) is 6.12. The van der Waals surface area contributed by atoms with Gasteiger partial charge in [-0.2, -0.15) is 0 Å². The number of anilines is 1. The smallest absolute Gasteiger partial charge is 0.342 e. The van der Waals surface area contributed by atoms with Gasteiger partial charge in [0.25, 0.3) is 0 Å². The van der Waals surface area contributed by atoms with Crippen molar-refractivity contribution in [2.24, 2.45) is 16.7 Å². The van der Waals surface area contributed by atoms with Gasteiger partial charge >= 0.3 is 11.9 Å². The number of carbonyl (C=O) groups is 2. The van der Waals surface area contributed by atoms with E-state index in [0.717, 1.165) is 19.3 Å². The molecule has 0 aromatic heterocycles. The van der Waals surface area contributed by atoms with Gasteiger partial charge in [-0.15, -0.1) is 0 Å². The third-order valence-electron chi connectivity index (χ3n) is 8.10. The highest BCUT2D eigenvalue weighted by Gasteiger charge is 2.63. The Morgan fingerprint density at radius 3 is 2.49 bits per heavy atom. The normalized spacial score (nSPS) is 24.3. The lowest BCUT2D eigenvalue weighted by Gasteiger charge is -2.38. The third-order valence-corrected chi connectivity index (χ3v) is 8.98. The highest BCUT2D eigenvalue weighted by atomic mass is 35.5. The number of ether oxygens (including phenoxy) is 2. The van der Waals surface area contributed by atoms with E-state index in [9.17, 15) is 14.7 Å². The summed E-state index contributed by atoms with van der Waals surface area (Å²) in [5.74, 6) is -0.879. The van der Waals surface area contributed by atoms with E-state index in [4.69, 9.17) is 44.3 Å². The maximum atomic E-state index is 13.2. The highest BCUT2D eigenvalue weighted by Crippen LogP contribution is 2.66. The zero-order chi connectivity index (χ0) is 25.7. The van der Waals surface area contributed by atoms with Crippen LogP contribution in [-0.4, -0.2) is 23.1 Å². The van der Waals surface area contributed by atoms with E-state index in [1.807, 2.05) is 0 Å². The van der Waals surface area contributed by atoms with E-state index in [-0.39, 0.29) is 50.6 Å². The minimum absolute atomic E-state index is 0.0433. The molecule has 0 spiro atoms.